The van der Waals surface area contributed by atoms with Gasteiger partial charge < -0.3 is 9.64 Å². The lowest BCUT2D eigenvalue weighted by Gasteiger charge is -2.31. The summed E-state index contributed by atoms with van der Waals surface area (Å²) in [4.78, 5) is 8.35. The van der Waals surface area contributed by atoms with Gasteiger partial charge in [-0.15, -0.1) is 11.3 Å². The Morgan fingerprint density at radius 2 is 1.76 bits per heavy atom. The smallest absolute Gasteiger partial charge is 0.186 e. The Bertz CT molecular complexity index is 962. The number of methoxy groups -OCH3 is 1. The molecular weight excluding hydrogens is 447 g/mol. The minimum absolute atomic E-state index is 0.0730. The van der Waals surface area contributed by atoms with Crippen molar-refractivity contribution in [3.63, 3.8) is 0 Å². The molecule has 3 rings (SSSR count). The SMILES string of the molecule is CCCN(c1nc(-c2cc(Cl)c(Cl)cc2Cl)c(C)s1)C(COC)c1ccccc1. The third-order valence-corrected chi connectivity index (χ3v) is 6.69. The number of aromatic nitrogens is 1. The van der Waals surface area contributed by atoms with Gasteiger partial charge in [0.2, 0.25) is 0 Å². The summed E-state index contributed by atoms with van der Waals surface area (Å²) in [5.41, 5.74) is 2.82. The summed E-state index contributed by atoms with van der Waals surface area (Å²) in [6, 6.07) is 13.9. The van der Waals surface area contributed by atoms with Gasteiger partial charge in [0.05, 0.1) is 33.4 Å². The van der Waals surface area contributed by atoms with Crippen LogP contribution >= 0.6 is 46.1 Å². The largest absolute Gasteiger partial charge is 0.382 e. The normalized spacial score (nSPS) is 12.2. The van der Waals surface area contributed by atoms with Gasteiger partial charge in [0.1, 0.15) is 0 Å². The van der Waals surface area contributed by atoms with Gasteiger partial charge >= 0.3 is 0 Å². The van der Waals surface area contributed by atoms with E-state index in [0.29, 0.717) is 21.7 Å². The molecule has 1 heterocycles. The summed E-state index contributed by atoms with van der Waals surface area (Å²) in [5, 5.41) is 2.38. The zero-order valence-electron chi connectivity index (χ0n) is 16.6. The van der Waals surface area contributed by atoms with Crippen molar-refractivity contribution in [1.82, 2.24) is 4.98 Å². The lowest BCUT2D eigenvalue weighted by atomic mass is 10.1. The molecule has 0 saturated carbocycles. The predicted octanol–water partition coefficient (Wildman–Crippen LogP) is 7.68. The van der Waals surface area contributed by atoms with Crippen LogP contribution in [-0.2, 0) is 4.74 Å². The van der Waals surface area contributed by atoms with Crippen LogP contribution in [0.1, 0.15) is 29.8 Å². The van der Waals surface area contributed by atoms with E-state index in [-0.39, 0.29) is 6.04 Å². The topological polar surface area (TPSA) is 25.4 Å². The van der Waals surface area contributed by atoms with Crippen LogP contribution in [0.5, 0.6) is 0 Å². The molecule has 0 aliphatic heterocycles. The molecule has 0 spiro atoms. The van der Waals surface area contributed by atoms with Crippen LogP contribution in [-0.4, -0.2) is 25.2 Å². The van der Waals surface area contributed by atoms with Crippen LogP contribution in [0.25, 0.3) is 11.3 Å². The number of hydrogen-bond acceptors (Lipinski definition) is 4. The first kappa shape index (κ1) is 22.4. The zero-order chi connectivity index (χ0) is 21.0. The Morgan fingerprint density at radius 1 is 1.07 bits per heavy atom. The van der Waals surface area contributed by atoms with Crippen molar-refractivity contribution >= 4 is 51.3 Å². The molecule has 1 aromatic heterocycles. The standard InChI is InChI=1S/C22H23Cl3N2OS/c1-4-10-27(20(13-28-3)15-8-6-5-7-9-15)22-26-21(14(2)29-22)16-11-18(24)19(25)12-17(16)23/h5-9,11-12,20H,4,10,13H2,1-3H3. The first-order valence-corrected chi connectivity index (χ1v) is 11.3. The van der Waals surface area contributed by atoms with Crippen LogP contribution in [0.2, 0.25) is 15.1 Å². The number of nitrogens with zero attached hydrogens (tertiary/aromatic N) is 2. The first-order valence-electron chi connectivity index (χ1n) is 9.39. The van der Waals surface area contributed by atoms with Gasteiger partial charge in [0, 0.05) is 24.1 Å². The first-order chi connectivity index (χ1) is 14.0. The average molecular weight is 470 g/mol. The third kappa shape index (κ3) is 5.07. The van der Waals surface area contributed by atoms with Crippen LogP contribution in [0.15, 0.2) is 42.5 Å². The van der Waals surface area contributed by atoms with E-state index in [1.807, 2.05) is 13.0 Å². The molecule has 0 saturated heterocycles. The molecule has 0 fully saturated rings. The highest BCUT2D eigenvalue weighted by molar-refractivity contribution is 7.16. The van der Waals surface area contributed by atoms with E-state index in [1.54, 1.807) is 30.6 Å². The number of halogens is 3. The number of rotatable bonds is 8. The lowest BCUT2D eigenvalue weighted by molar-refractivity contribution is 0.177. The Hall–Kier alpha value is -1.30. The Labute approximate surface area is 191 Å². The number of thiazole rings is 1. The summed E-state index contributed by atoms with van der Waals surface area (Å²) in [6.07, 6.45) is 0.995. The lowest BCUT2D eigenvalue weighted by Crippen LogP contribution is -2.32. The number of ether oxygens (including phenoxy) is 1. The van der Waals surface area contributed by atoms with E-state index in [9.17, 15) is 0 Å². The monoisotopic (exact) mass is 468 g/mol. The molecule has 7 heteroatoms. The van der Waals surface area contributed by atoms with E-state index < -0.39 is 0 Å². The molecule has 0 radical (unpaired) electrons. The van der Waals surface area contributed by atoms with Gasteiger partial charge in [-0.1, -0.05) is 72.1 Å². The Balaban J connectivity index is 2.05. The second kappa shape index (κ2) is 10.1. The fourth-order valence-electron chi connectivity index (χ4n) is 3.28. The summed E-state index contributed by atoms with van der Waals surface area (Å²) in [5.74, 6) is 0. The van der Waals surface area contributed by atoms with E-state index >= 15 is 0 Å². The molecule has 154 valence electrons. The second-order valence-electron chi connectivity index (χ2n) is 6.72. The van der Waals surface area contributed by atoms with Crippen molar-refractivity contribution in [1.29, 1.82) is 0 Å². The fourth-order valence-corrected chi connectivity index (χ4v) is 4.92. The molecule has 0 aliphatic rings. The van der Waals surface area contributed by atoms with Crippen molar-refractivity contribution in [2.24, 2.45) is 0 Å². The van der Waals surface area contributed by atoms with Crippen molar-refractivity contribution in [3.8, 4) is 11.3 Å². The fraction of sp³-hybridized carbons (Fsp3) is 0.318. The molecule has 2 aromatic carbocycles. The number of anilines is 1. The summed E-state index contributed by atoms with van der Waals surface area (Å²) in [6.45, 7) is 5.66. The van der Waals surface area contributed by atoms with Gasteiger partial charge in [-0.25, -0.2) is 4.98 Å². The molecule has 0 bridgehead atoms. The molecule has 3 aromatic rings. The number of benzene rings is 2. The Morgan fingerprint density at radius 3 is 2.41 bits per heavy atom. The quantitative estimate of drug-likeness (QED) is 0.316. The van der Waals surface area contributed by atoms with E-state index in [2.05, 4.69) is 36.1 Å². The van der Waals surface area contributed by atoms with E-state index in [1.165, 1.54) is 5.56 Å². The third-order valence-electron chi connectivity index (χ3n) is 4.65. The van der Waals surface area contributed by atoms with Crippen LogP contribution in [0.4, 0.5) is 5.13 Å². The predicted molar refractivity (Wildman–Crippen MR) is 126 cm³/mol. The second-order valence-corrected chi connectivity index (χ2v) is 9.13. The van der Waals surface area contributed by atoms with Gasteiger partial charge in [0.25, 0.3) is 0 Å². The van der Waals surface area contributed by atoms with Crippen molar-refractivity contribution < 1.29 is 4.74 Å². The van der Waals surface area contributed by atoms with Gasteiger partial charge in [0.15, 0.2) is 5.13 Å². The van der Waals surface area contributed by atoms with Gasteiger partial charge in [-0.2, -0.15) is 0 Å². The van der Waals surface area contributed by atoms with Crippen molar-refractivity contribution in [2.75, 3.05) is 25.2 Å². The highest BCUT2D eigenvalue weighted by Crippen LogP contribution is 2.41. The molecule has 1 atom stereocenters. The maximum absolute atomic E-state index is 6.45. The minimum Gasteiger partial charge on any atom is -0.382 e. The van der Waals surface area contributed by atoms with Gasteiger partial charge in [-0.05, 0) is 31.0 Å². The van der Waals surface area contributed by atoms with Gasteiger partial charge in [-0.3, -0.25) is 0 Å². The molecular formula is C22H23Cl3N2OS. The van der Waals surface area contributed by atoms with Crippen LogP contribution in [0, 0.1) is 6.92 Å². The minimum atomic E-state index is 0.0730. The van der Waals surface area contributed by atoms with Crippen molar-refractivity contribution in [3.05, 3.63) is 68.0 Å². The summed E-state index contributed by atoms with van der Waals surface area (Å²) >= 11 is 20.4. The Kier molecular flexibility index (Phi) is 7.83. The molecule has 3 nitrogen and oxygen atoms in total. The van der Waals surface area contributed by atoms with E-state index in [0.717, 1.165) is 34.2 Å². The van der Waals surface area contributed by atoms with Crippen LogP contribution in [0.3, 0.4) is 0 Å². The molecule has 0 aliphatic carbocycles. The molecule has 1 unspecified atom stereocenters. The molecule has 0 N–H and O–H groups in total. The van der Waals surface area contributed by atoms with E-state index in [4.69, 9.17) is 44.5 Å². The maximum Gasteiger partial charge on any atom is 0.186 e. The molecule has 29 heavy (non-hydrogen) atoms. The molecule has 0 amide bonds. The number of hydrogen-bond donors (Lipinski definition) is 0. The zero-order valence-corrected chi connectivity index (χ0v) is 19.7. The number of aryl methyl sites for hydroxylation is 1. The van der Waals surface area contributed by atoms with Crippen LogP contribution < -0.4 is 4.90 Å². The average Bonchev–Trinajstić information content (AvgIpc) is 3.09. The highest BCUT2D eigenvalue weighted by atomic mass is 35.5. The highest BCUT2D eigenvalue weighted by Gasteiger charge is 2.25. The maximum atomic E-state index is 6.45. The van der Waals surface area contributed by atoms with Crippen molar-refractivity contribution in [2.45, 2.75) is 26.3 Å². The summed E-state index contributed by atoms with van der Waals surface area (Å²) in [7, 11) is 1.73. The summed E-state index contributed by atoms with van der Waals surface area (Å²) < 4.78 is 5.56.